The van der Waals surface area contributed by atoms with E-state index < -0.39 is 6.09 Å². The van der Waals surface area contributed by atoms with Gasteiger partial charge in [0.15, 0.2) is 0 Å². The van der Waals surface area contributed by atoms with Crippen LogP contribution in [0, 0.1) is 0 Å². The molecule has 3 fully saturated rings. The summed E-state index contributed by atoms with van der Waals surface area (Å²) in [5.74, 6) is -0.0383. The first-order chi connectivity index (χ1) is 5.95. The van der Waals surface area contributed by atoms with Crippen molar-refractivity contribution in [3.63, 3.8) is 0 Å². The molecule has 0 radical (unpaired) electrons. The number of carboxylic acid groups (broad SMARTS) is 1. The van der Waals surface area contributed by atoms with E-state index in [0.717, 1.165) is 19.3 Å². The highest BCUT2D eigenvalue weighted by Crippen LogP contribution is 2.60. The van der Waals surface area contributed by atoms with E-state index in [1.807, 2.05) is 0 Å². The monoisotopic (exact) mass is 184 g/mol. The van der Waals surface area contributed by atoms with E-state index in [1.165, 1.54) is 6.92 Å². The molecule has 0 spiro atoms. The van der Waals surface area contributed by atoms with E-state index in [-0.39, 0.29) is 17.0 Å². The van der Waals surface area contributed by atoms with Crippen LogP contribution in [0.15, 0.2) is 0 Å². The molecule has 0 aromatic rings. The van der Waals surface area contributed by atoms with Gasteiger partial charge >= 0.3 is 6.09 Å². The van der Waals surface area contributed by atoms with Gasteiger partial charge < -0.3 is 15.7 Å². The van der Waals surface area contributed by atoms with Crippen LogP contribution in [0.2, 0.25) is 0 Å². The number of carbonyl (C=O) groups excluding carboxylic acids is 1. The van der Waals surface area contributed by atoms with Gasteiger partial charge in [0, 0.05) is 12.5 Å². The molecule has 0 aromatic carbocycles. The topological polar surface area (TPSA) is 78.4 Å². The van der Waals surface area contributed by atoms with E-state index in [0.29, 0.717) is 0 Å². The molecule has 2 amide bonds. The minimum atomic E-state index is -0.976. The predicted octanol–water partition coefficient (Wildman–Crippen LogP) is 0.0652. The number of carbonyl (C=O) groups is 2. The van der Waals surface area contributed by atoms with Gasteiger partial charge in [0.05, 0.1) is 5.54 Å². The lowest BCUT2D eigenvalue weighted by Gasteiger charge is -2.69. The summed E-state index contributed by atoms with van der Waals surface area (Å²) < 4.78 is 0. The Bertz CT molecular complexity index is 241. The van der Waals surface area contributed by atoms with Crippen LogP contribution >= 0.6 is 0 Å². The Balaban J connectivity index is 1.86. The maximum absolute atomic E-state index is 10.8. The van der Waals surface area contributed by atoms with Crippen molar-refractivity contribution < 1.29 is 14.7 Å². The first-order valence-corrected chi connectivity index (χ1v) is 4.25. The van der Waals surface area contributed by atoms with Gasteiger partial charge in [0.2, 0.25) is 5.91 Å². The number of rotatable bonds is 2. The van der Waals surface area contributed by atoms with Crippen molar-refractivity contribution in [2.75, 3.05) is 0 Å². The second kappa shape index (κ2) is 2.16. The quantitative estimate of drug-likeness (QED) is 0.568. The van der Waals surface area contributed by atoms with Gasteiger partial charge in [-0.15, -0.1) is 0 Å². The summed E-state index contributed by atoms with van der Waals surface area (Å²) in [6.07, 6.45) is 1.25. The summed E-state index contributed by atoms with van der Waals surface area (Å²) in [6, 6.07) is 0. The first-order valence-electron chi connectivity index (χ1n) is 4.25. The molecular formula is C8H12N2O3. The fraction of sp³-hybridized carbons (Fsp3) is 0.750. The van der Waals surface area contributed by atoms with Gasteiger partial charge in [0.25, 0.3) is 0 Å². The average Bonchev–Trinajstić information content (AvgIpc) is 1.77. The zero-order valence-corrected chi connectivity index (χ0v) is 7.39. The van der Waals surface area contributed by atoms with Crippen LogP contribution in [-0.2, 0) is 4.79 Å². The third-order valence-corrected chi connectivity index (χ3v) is 2.84. The molecule has 3 aliphatic rings. The van der Waals surface area contributed by atoms with E-state index in [1.54, 1.807) is 0 Å². The van der Waals surface area contributed by atoms with Gasteiger partial charge in [-0.2, -0.15) is 0 Å². The molecule has 3 aliphatic carbocycles. The maximum atomic E-state index is 10.8. The second-order valence-electron chi connectivity index (χ2n) is 4.20. The minimum absolute atomic E-state index is 0.0383. The lowest BCUT2D eigenvalue weighted by Crippen LogP contribution is -2.83. The van der Waals surface area contributed by atoms with Crippen molar-refractivity contribution >= 4 is 12.0 Å². The summed E-state index contributed by atoms with van der Waals surface area (Å²) in [4.78, 5) is 21.1. The summed E-state index contributed by atoms with van der Waals surface area (Å²) in [5, 5.41) is 13.8. The van der Waals surface area contributed by atoms with E-state index in [2.05, 4.69) is 10.6 Å². The predicted molar refractivity (Wildman–Crippen MR) is 44.3 cm³/mol. The van der Waals surface area contributed by atoms with Crippen LogP contribution in [0.5, 0.6) is 0 Å². The molecule has 72 valence electrons. The van der Waals surface area contributed by atoms with Crippen molar-refractivity contribution in [2.45, 2.75) is 37.3 Å². The summed E-state index contributed by atoms with van der Waals surface area (Å²) >= 11 is 0. The van der Waals surface area contributed by atoms with Gasteiger partial charge in [0.1, 0.15) is 0 Å². The normalized spacial score (nSPS) is 39.8. The molecule has 0 atom stereocenters. The zero-order valence-electron chi connectivity index (χ0n) is 7.39. The first kappa shape index (κ1) is 8.34. The second-order valence-corrected chi connectivity index (χ2v) is 4.20. The molecule has 0 aromatic heterocycles. The highest BCUT2D eigenvalue weighted by atomic mass is 16.4. The van der Waals surface area contributed by atoms with Crippen molar-refractivity contribution in [1.82, 2.24) is 10.6 Å². The Morgan fingerprint density at radius 1 is 1.15 bits per heavy atom. The van der Waals surface area contributed by atoms with Crippen LogP contribution in [0.1, 0.15) is 26.2 Å². The van der Waals surface area contributed by atoms with Crippen molar-refractivity contribution in [1.29, 1.82) is 0 Å². The average molecular weight is 184 g/mol. The Morgan fingerprint density at radius 2 is 1.62 bits per heavy atom. The molecule has 5 heteroatoms. The Hall–Kier alpha value is -1.26. The van der Waals surface area contributed by atoms with Crippen molar-refractivity contribution in [3.8, 4) is 0 Å². The Kier molecular flexibility index (Phi) is 1.38. The molecule has 0 heterocycles. The van der Waals surface area contributed by atoms with E-state index in [9.17, 15) is 9.59 Å². The molecule has 0 aliphatic heterocycles. The number of nitrogens with one attached hydrogen (secondary N) is 2. The van der Waals surface area contributed by atoms with Gasteiger partial charge in [-0.3, -0.25) is 4.79 Å². The molecule has 3 N–H and O–H groups in total. The number of amides is 2. The smallest absolute Gasteiger partial charge is 0.405 e. The largest absolute Gasteiger partial charge is 0.465 e. The molecule has 5 nitrogen and oxygen atoms in total. The lowest BCUT2D eigenvalue weighted by molar-refractivity contribution is -0.137. The van der Waals surface area contributed by atoms with Crippen molar-refractivity contribution in [2.24, 2.45) is 0 Å². The number of hydrogen-bond acceptors (Lipinski definition) is 2. The van der Waals surface area contributed by atoms with Crippen LogP contribution in [0.3, 0.4) is 0 Å². The maximum Gasteiger partial charge on any atom is 0.405 e. The highest BCUT2D eigenvalue weighted by Gasteiger charge is 2.69. The lowest BCUT2D eigenvalue weighted by atomic mass is 9.44. The zero-order chi connectivity index (χ0) is 9.69. The standard InChI is InChI=1S/C8H12N2O3/c1-5(11)9-7-2-8(3-7,4-7)10-6(12)13/h10H,2-4H2,1H3,(H,9,11)(H,12,13). The molecule has 3 rings (SSSR count). The van der Waals surface area contributed by atoms with Gasteiger partial charge in [-0.25, -0.2) is 4.79 Å². The van der Waals surface area contributed by atoms with E-state index in [4.69, 9.17) is 5.11 Å². The molecule has 2 bridgehead atoms. The highest BCUT2D eigenvalue weighted by molar-refractivity contribution is 5.75. The summed E-state index contributed by atoms with van der Waals surface area (Å²) in [7, 11) is 0. The summed E-state index contributed by atoms with van der Waals surface area (Å²) in [6.45, 7) is 1.48. The SMILES string of the molecule is CC(=O)NC12CC(NC(=O)O)(C1)C2. The van der Waals surface area contributed by atoms with Gasteiger partial charge in [-0.05, 0) is 19.3 Å². The molecule has 0 saturated heterocycles. The Morgan fingerprint density at radius 3 is 2.00 bits per heavy atom. The van der Waals surface area contributed by atoms with Crippen LogP contribution < -0.4 is 10.6 Å². The molecule has 3 saturated carbocycles. The molecule has 0 unspecified atom stereocenters. The minimum Gasteiger partial charge on any atom is -0.465 e. The number of hydrogen-bond donors (Lipinski definition) is 3. The Labute approximate surface area is 75.5 Å². The van der Waals surface area contributed by atoms with E-state index >= 15 is 0 Å². The van der Waals surface area contributed by atoms with Crippen molar-refractivity contribution in [3.05, 3.63) is 0 Å². The summed E-state index contributed by atoms with van der Waals surface area (Å²) in [5.41, 5.74) is -0.317. The van der Waals surface area contributed by atoms with Crippen LogP contribution in [0.25, 0.3) is 0 Å². The fourth-order valence-corrected chi connectivity index (χ4v) is 2.65. The molecular weight excluding hydrogens is 172 g/mol. The molecule has 13 heavy (non-hydrogen) atoms. The van der Waals surface area contributed by atoms with Crippen LogP contribution in [0.4, 0.5) is 4.79 Å². The third-order valence-electron chi connectivity index (χ3n) is 2.84. The fourth-order valence-electron chi connectivity index (χ4n) is 2.65. The third kappa shape index (κ3) is 1.15. The van der Waals surface area contributed by atoms with Crippen LogP contribution in [-0.4, -0.2) is 28.2 Å². The van der Waals surface area contributed by atoms with Gasteiger partial charge in [-0.1, -0.05) is 0 Å².